The van der Waals surface area contributed by atoms with Gasteiger partial charge in [0.25, 0.3) is 0 Å². The van der Waals surface area contributed by atoms with Crippen LogP contribution in [-0.2, 0) is 65.4 Å². The summed E-state index contributed by atoms with van der Waals surface area (Å²) in [5, 5.41) is 10.5. The Morgan fingerprint density at radius 3 is 0.819 bits per heavy atom. The van der Waals surface area contributed by atoms with Crippen molar-refractivity contribution in [2.75, 3.05) is 39.6 Å². The molecule has 0 aliphatic rings. The summed E-state index contributed by atoms with van der Waals surface area (Å²) in [5.74, 6) is -1.46. The van der Waals surface area contributed by atoms with Crippen molar-refractivity contribution in [2.45, 2.75) is 342 Å². The van der Waals surface area contributed by atoms with Gasteiger partial charge in [-0.25, -0.2) is 9.13 Å². The SMILES string of the molecule is CCCCCCCCCCCCCCCCCCCC(=O)O[C@H](COC(=O)CCCCCCCCC(C)C)COP(=O)(O)OC[C@@H](O)COP(=O)(O)OC[C@@H](COC(=O)CCCCCCCCCC)OC(=O)CCCCCCCCCCC. The molecule has 17 nitrogen and oxygen atoms in total. The Hall–Kier alpha value is -1.94. The third-order valence-corrected chi connectivity index (χ3v) is 16.7. The Morgan fingerprint density at radius 2 is 0.554 bits per heavy atom. The summed E-state index contributed by atoms with van der Waals surface area (Å²) >= 11 is 0. The molecule has 19 heteroatoms. The van der Waals surface area contributed by atoms with Crippen molar-refractivity contribution in [3.8, 4) is 0 Å². The van der Waals surface area contributed by atoms with Crippen LogP contribution in [-0.4, -0.2) is 96.7 Å². The number of ether oxygens (including phenoxy) is 4. The first-order chi connectivity index (χ1) is 40.0. The molecule has 0 aromatic carbocycles. The van der Waals surface area contributed by atoms with Gasteiger partial charge in [-0.1, -0.05) is 272 Å². The van der Waals surface area contributed by atoms with Crippen LogP contribution in [0, 0.1) is 5.92 Å². The lowest BCUT2D eigenvalue weighted by molar-refractivity contribution is -0.161. The molecule has 0 heterocycles. The summed E-state index contributed by atoms with van der Waals surface area (Å²) in [5.41, 5.74) is 0. The van der Waals surface area contributed by atoms with Crippen LogP contribution in [0.3, 0.4) is 0 Å². The molecule has 0 spiro atoms. The van der Waals surface area contributed by atoms with E-state index in [2.05, 4.69) is 34.6 Å². The maximum absolute atomic E-state index is 13.0. The van der Waals surface area contributed by atoms with Crippen LogP contribution in [0.1, 0.15) is 324 Å². The second-order valence-corrected chi connectivity index (χ2v) is 26.5. The number of hydrogen-bond acceptors (Lipinski definition) is 15. The number of carbonyl (C=O) groups excluding carboxylic acids is 4. The van der Waals surface area contributed by atoms with E-state index in [-0.39, 0.29) is 25.7 Å². The van der Waals surface area contributed by atoms with Gasteiger partial charge < -0.3 is 33.8 Å². The number of carbonyl (C=O) groups is 4. The molecular formula is C64H124O17P2. The van der Waals surface area contributed by atoms with Crippen LogP contribution < -0.4 is 0 Å². The highest BCUT2D eigenvalue weighted by Gasteiger charge is 2.30. The lowest BCUT2D eigenvalue weighted by Gasteiger charge is -2.21. The molecule has 0 rings (SSSR count). The molecule has 0 saturated heterocycles. The number of aliphatic hydroxyl groups is 1. The van der Waals surface area contributed by atoms with Gasteiger partial charge in [0.1, 0.15) is 19.3 Å². The van der Waals surface area contributed by atoms with E-state index in [9.17, 15) is 43.2 Å². The average Bonchev–Trinajstić information content (AvgIpc) is 3.46. The molecule has 0 saturated carbocycles. The van der Waals surface area contributed by atoms with Crippen LogP contribution in [0.2, 0.25) is 0 Å². The Labute approximate surface area is 505 Å². The van der Waals surface area contributed by atoms with E-state index in [1.165, 1.54) is 135 Å². The quantitative estimate of drug-likeness (QED) is 0.0222. The minimum absolute atomic E-state index is 0.106. The van der Waals surface area contributed by atoms with Crippen molar-refractivity contribution in [3.63, 3.8) is 0 Å². The van der Waals surface area contributed by atoms with E-state index in [0.29, 0.717) is 31.6 Å². The number of hydrogen-bond donors (Lipinski definition) is 3. The second kappa shape index (κ2) is 57.8. The zero-order valence-corrected chi connectivity index (χ0v) is 55.1. The summed E-state index contributed by atoms with van der Waals surface area (Å²) in [6.45, 7) is 7.07. The largest absolute Gasteiger partial charge is 0.472 e. The smallest absolute Gasteiger partial charge is 0.462 e. The van der Waals surface area contributed by atoms with Crippen LogP contribution in [0.15, 0.2) is 0 Å². The van der Waals surface area contributed by atoms with Gasteiger partial charge in [0.15, 0.2) is 12.2 Å². The molecule has 0 aliphatic heterocycles. The third-order valence-electron chi connectivity index (χ3n) is 14.8. The first kappa shape index (κ1) is 81.1. The molecule has 5 atom stereocenters. The molecule has 0 fully saturated rings. The van der Waals surface area contributed by atoms with Crippen LogP contribution in [0.5, 0.6) is 0 Å². The van der Waals surface area contributed by atoms with Crippen molar-refractivity contribution in [1.29, 1.82) is 0 Å². The fourth-order valence-electron chi connectivity index (χ4n) is 9.58. The van der Waals surface area contributed by atoms with Gasteiger partial charge in [-0.3, -0.25) is 37.3 Å². The highest BCUT2D eigenvalue weighted by molar-refractivity contribution is 7.47. The predicted molar refractivity (Wildman–Crippen MR) is 331 cm³/mol. The van der Waals surface area contributed by atoms with Gasteiger partial charge in [0.2, 0.25) is 0 Å². The minimum Gasteiger partial charge on any atom is -0.462 e. The van der Waals surface area contributed by atoms with Crippen molar-refractivity contribution >= 4 is 39.5 Å². The highest BCUT2D eigenvalue weighted by atomic mass is 31.2. The lowest BCUT2D eigenvalue weighted by Crippen LogP contribution is -2.30. The Bertz CT molecular complexity index is 1620. The van der Waals surface area contributed by atoms with Gasteiger partial charge >= 0.3 is 39.5 Å². The third kappa shape index (κ3) is 58.8. The molecule has 0 amide bonds. The number of aliphatic hydroxyl groups excluding tert-OH is 1. The van der Waals surface area contributed by atoms with Gasteiger partial charge in [0.05, 0.1) is 26.4 Å². The van der Waals surface area contributed by atoms with Gasteiger partial charge in [-0.15, -0.1) is 0 Å². The highest BCUT2D eigenvalue weighted by Crippen LogP contribution is 2.45. The predicted octanol–water partition coefficient (Wildman–Crippen LogP) is 17.8. The molecule has 3 N–H and O–H groups in total. The average molecular weight is 1230 g/mol. The van der Waals surface area contributed by atoms with Crippen LogP contribution in [0.4, 0.5) is 0 Å². The fourth-order valence-corrected chi connectivity index (χ4v) is 11.2. The summed E-state index contributed by atoms with van der Waals surface area (Å²) in [6, 6.07) is 0. The van der Waals surface area contributed by atoms with Gasteiger partial charge in [0, 0.05) is 25.7 Å². The zero-order chi connectivity index (χ0) is 61.3. The van der Waals surface area contributed by atoms with E-state index in [4.69, 9.17) is 37.0 Å². The monoisotopic (exact) mass is 1230 g/mol. The van der Waals surface area contributed by atoms with Crippen LogP contribution in [0.25, 0.3) is 0 Å². The van der Waals surface area contributed by atoms with E-state index in [1.54, 1.807) is 0 Å². The zero-order valence-electron chi connectivity index (χ0n) is 53.3. The van der Waals surface area contributed by atoms with Crippen LogP contribution >= 0.6 is 15.6 Å². The number of esters is 4. The molecule has 0 bridgehead atoms. The van der Waals surface area contributed by atoms with Gasteiger partial charge in [-0.2, -0.15) is 0 Å². The summed E-state index contributed by atoms with van der Waals surface area (Å²) in [4.78, 5) is 72.0. The summed E-state index contributed by atoms with van der Waals surface area (Å²) in [7, 11) is -9.88. The van der Waals surface area contributed by atoms with E-state index in [0.717, 1.165) is 103 Å². The fraction of sp³-hybridized carbons (Fsp3) is 0.938. The van der Waals surface area contributed by atoms with Crippen molar-refractivity contribution in [2.24, 2.45) is 5.92 Å². The molecule has 0 aliphatic carbocycles. The number of unbranched alkanes of at least 4 members (excludes halogenated alkanes) is 36. The van der Waals surface area contributed by atoms with Crippen molar-refractivity contribution in [3.05, 3.63) is 0 Å². The maximum Gasteiger partial charge on any atom is 0.472 e. The molecule has 0 aromatic heterocycles. The Morgan fingerprint density at radius 1 is 0.325 bits per heavy atom. The van der Waals surface area contributed by atoms with Crippen molar-refractivity contribution in [1.82, 2.24) is 0 Å². The Balaban J connectivity index is 5.17. The number of phosphoric ester groups is 2. The molecule has 2 unspecified atom stereocenters. The first-order valence-corrected chi connectivity index (χ1v) is 36.6. The molecule has 0 aromatic rings. The lowest BCUT2D eigenvalue weighted by atomic mass is 10.0. The molecular weight excluding hydrogens is 1100 g/mol. The molecule has 0 radical (unpaired) electrons. The van der Waals surface area contributed by atoms with E-state index < -0.39 is 97.5 Å². The van der Waals surface area contributed by atoms with Gasteiger partial charge in [-0.05, 0) is 31.6 Å². The first-order valence-electron chi connectivity index (χ1n) is 33.6. The standard InChI is InChI=1S/C64H124O17P2/c1-6-9-12-15-18-21-22-23-24-25-26-27-28-30-33-40-45-50-64(69)81-60(54-75-62(67)48-43-38-35-34-36-41-46-57(4)5)56-79-83(72,73)77-52-58(65)51-76-82(70,71)78-55-59(53-74-61(66)47-42-37-31-20-17-14-11-8-3)80-63(68)49-44-39-32-29-19-16-13-10-7-2/h57-60,65H,6-56H2,1-5H3,(H,70,71)(H,72,73)/t58-,59+,60+/m0/s1. The number of phosphoric acid groups is 2. The summed E-state index contributed by atoms with van der Waals surface area (Å²) < 4.78 is 67.9. The Kier molecular flexibility index (Phi) is 56.4. The molecule has 83 heavy (non-hydrogen) atoms. The normalized spacial score (nSPS) is 14.2. The van der Waals surface area contributed by atoms with E-state index in [1.807, 2.05) is 0 Å². The summed E-state index contributed by atoms with van der Waals surface area (Å²) in [6.07, 6.45) is 41.9. The van der Waals surface area contributed by atoms with E-state index >= 15 is 0 Å². The van der Waals surface area contributed by atoms with Crippen molar-refractivity contribution < 1.29 is 80.2 Å². The topological polar surface area (TPSA) is 237 Å². The minimum atomic E-state index is -4.94. The molecule has 492 valence electrons. The maximum atomic E-state index is 13.0. The second-order valence-electron chi connectivity index (χ2n) is 23.6. The number of rotatable bonds is 64.